The fourth-order valence-electron chi connectivity index (χ4n) is 3.06. The van der Waals surface area contributed by atoms with Gasteiger partial charge in [0.1, 0.15) is 5.82 Å². The van der Waals surface area contributed by atoms with Crippen LogP contribution in [0.4, 0.5) is 15.8 Å². The monoisotopic (exact) mass is 340 g/mol. The van der Waals surface area contributed by atoms with Gasteiger partial charge >= 0.3 is 5.97 Å². The van der Waals surface area contributed by atoms with Gasteiger partial charge in [0, 0.05) is 19.3 Å². The van der Waals surface area contributed by atoms with E-state index in [4.69, 9.17) is 4.74 Å². The van der Waals surface area contributed by atoms with E-state index in [-0.39, 0.29) is 5.82 Å². The van der Waals surface area contributed by atoms with E-state index in [1.807, 2.05) is 19.1 Å². The lowest BCUT2D eigenvalue weighted by atomic mass is 10.1. The highest BCUT2D eigenvalue weighted by molar-refractivity contribution is 5.93. The van der Waals surface area contributed by atoms with Gasteiger partial charge in [0.2, 0.25) is 0 Å². The molecule has 0 aliphatic carbocycles. The number of carbonyl (C=O) groups is 1. The minimum absolute atomic E-state index is 0.231. The van der Waals surface area contributed by atoms with Crippen LogP contribution in [0.5, 0.6) is 0 Å². The maximum atomic E-state index is 14.4. The molecule has 0 aromatic heterocycles. The molecule has 0 bridgehead atoms. The Labute approximate surface area is 146 Å². The third-order valence-electron chi connectivity index (χ3n) is 4.48. The van der Waals surface area contributed by atoms with Crippen molar-refractivity contribution in [3.63, 3.8) is 0 Å². The lowest BCUT2D eigenvalue weighted by Gasteiger charge is -2.18. The molecule has 1 saturated heterocycles. The lowest BCUT2D eigenvalue weighted by Crippen LogP contribution is -2.18. The average Bonchev–Trinajstić information content (AvgIpc) is 3.14. The fourth-order valence-corrected chi connectivity index (χ4v) is 3.06. The predicted octanol–water partition coefficient (Wildman–Crippen LogP) is 4.27. The number of halogens is 1. The number of aliphatic imine (C=N–C) groups is 1. The van der Waals surface area contributed by atoms with Gasteiger partial charge in [-0.1, -0.05) is 12.1 Å². The van der Waals surface area contributed by atoms with Gasteiger partial charge in [-0.2, -0.15) is 0 Å². The van der Waals surface area contributed by atoms with E-state index in [0.717, 1.165) is 31.5 Å². The molecule has 25 heavy (non-hydrogen) atoms. The van der Waals surface area contributed by atoms with Gasteiger partial charge in [0.05, 0.1) is 24.0 Å². The molecule has 4 nitrogen and oxygen atoms in total. The normalized spacial score (nSPS) is 14.3. The number of ether oxygens (including phenoxy) is 1. The van der Waals surface area contributed by atoms with E-state index >= 15 is 0 Å². The number of benzene rings is 2. The van der Waals surface area contributed by atoms with E-state index in [1.165, 1.54) is 13.2 Å². The summed E-state index contributed by atoms with van der Waals surface area (Å²) in [5.41, 5.74) is 3.21. The molecular weight excluding hydrogens is 319 g/mol. The number of methoxy groups -OCH3 is 1. The number of hydrogen-bond donors (Lipinski definition) is 0. The summed E-state index contributed by atoms with van der Waals surface area (Å²) in [6.07, 6.45) is 3.83. The number of esters is 1. The first-order valence-electron chi connectivity index (χ1n) is 8.36. The second kappa shape index (κ2) is 7.47. The molecule has 0 unspecified atom stereocenters. The maximum Gasteiger partial charge on any atom is 0.338 e. The number of nitrogens with zero attached hydrogens (tertiary/aromatic N) is 2. The summed E-state index contributed by atoms with van der Waals surface area (Å²) in [7, 11) is 1.35. The molecular formula is C20H21FN2O2. The number of rotatable bonds is 4. The van der Waals surface area contributed by atoms with Crippen molar-refractivity contribution >= 4 is 23.6 Å². The highest BCUT2D eigenvalue weighted by Gasteiger charge is 2.16. The summed E-state index contributed by atoms with van der Waals surface area (Å²) in [6, 6.07) is 10.4. The van der Waals surface area contributed by atoms with Gasteiger partial charge in [0.15, 0.2) is 0 Å². The zero-order valence-electron chi connectivity index (χ0n) is 14.5. The van der Waals surface area contributed by atoms with Crippen LogP contribution in [-0.4, -0.2) is 32.4 Å². The average molecular weight is 340 g/mol. The fraction of sp³-hybridized carbons (Fsp3) is 0.300. The first-order chi connectivity index (χ1) is 12.1. The van der Waals surface area contributed by atoms with Crippen LogP contribution in [-0.2, 0) is 4.74 Å². The smallest absolute Gasteiger partial charge is 0.338 e. The summed E-state index contributed by atoms with van der Waals surface area (Å²) < 4.78 is 19.1. The zero-order valence-corrected chi connectivity index (χ0v) is 14.5. The molecule has 1 heterocycles. The second-order valence-electron chi connectivity index (χ2n) is 6.10. The Morgan fingerprint density at radius 1 is 1.24 bits per heavy atom. The Morgan fingerprint density at radius 3 is 2.68 bits per heavy atom. The van der Waals surface area contributed by atoms with Crippen molar-refractivity contribution in [1.29, 1.82) is 0 Å². The molecule has 2 aromatic rings. The van der Waals surface area contributed by atoms with Gasteiger partial charge < -0.3 is 9.64 Å². The van der Waals surface area contributed by atoms with Crippen molar-refractivity contribution in [2.45, 2.75) is 19.8 Å². The van der Waals surface area contributed by atoms with E-state index in [1.54, 1.807) is 24.4 Å². The molecule has 0 saturated carbocycles. The SMILES string of the molecule is COC(=O)c1cccc(N=Cc2ccc(N3CCCC3)c(F)c2)c1C. The van der Waals surface area contributed by atoms with Crippen molar-refractivity contribution in [2.75, 3.05) is 25.1 Å². The summed E-state index contributed by atoms with van der Waals surface area (Å²) in [5.74, 6) is -0.624. The largest absolute Gasteiger partial charge is 0.465 e. The second-order valence-corrected chi connectivity index (χ2v) is 6.10. The summed E-state index contributed by atoms with van der Waals surface area (Å²) >= 11 is 0. The van der Waals surface area contributed by atoms with Crippen LogP contribution in [0.3, 0.4) is 0 Å². The van der Waals surface area contributed by atoms with Crippen molar-refractivity contribution in [2.24, 2.45) is 4.99 Å². The molecule has 3 rings (SSSR count). The number of carbonyl (C=O) groups excluding carboxylic acids is 1. The molecule has 130 valence electrons. The van der Waals surface area contributed by atoms with Crippen molar-refractivity contribution in [1.82, 2.24) is 0 Å². The van der Waals surface area contributed by atoms with E-state index < -0.39 is 5.97 Å². The van der Waals surface area contributed by atoms with Gasteiger partial charge in [-0.15, -0.1) is 0 Å². The molecule has 0 atom stereocenters. The molecule has 2 aromatic carbocycles. The van der Waals surface area contributed by atoms with Crippen LogP contribution >= 0.6 is 0 Å². The van der Waals surface area contributed by atoms with E-state index in [0.29, 0.717) is 22.5 Å². The number of hydrogen-bond acceptors (Lipinski definition) is 4. The van der Waals surface area contributed by atoms with Crippen molar-refractivity contribution < 1.29 is 13.9 Å². The standard InChI is InChI=1S/C20H21FN2O2/c1-14-16(20(24)25-2)6-5-7-18(14)22-13-15-8-9-19(17(21)12-15)23-10-3-4-11-23/h5-9,12-13H,3-4,10-11H2,1-2H3. The Kier molecular flexibility index (Phi) is 5.12. The molecule has 0 radical (unpaired) electrons. The zero-order chi connectivity index (χ0) is 17.8. The highest BCUT2D eigenvalue weighted by atomic mass is 19.1. The molecule has 1 fully saturated rings. The Bertz CT molecular complexity index is 811. The van der Waals surface area contributed by atoms with E-state index in [2.05, 4.69) is 9.89 Å². The first-order valence-corrected chi connectivity index (χ1v) is 8.36. The minimum Gasteiger partial charge on any atom is -0.465 e. The first kappa shape index (κ1) is 17.1. The topological polar surface area (TPSA) is 41.9 Å². The van der Waals surface area contributed by atoms with Crippen LogP contribution in [0.15, 0.2) is 41.4 Å². The Morgan fingerprint density at radius 2 is 2.00 bits per heavy atom. The summed E-state index contributed by atoms with van der Waals surface area (Å²) in [4.78, 5) is 18.2. The van der Waals surface area contributed by atoms with Gasteiger partial charge in [-0.05, 0) is 55.2 Å². The Balaban J connectivity index is 1.83. The summed E-state index contributed by atoms with van der Waals surface area (Å²) in [5, 5.41) is 0. The van der Waals surface area contributed by atoms with Crippen LogP contribution in [0.2, 0.25) is 0 Å². The molecule has 0 spiro atoms. The van der Waals surface area contributed by atoms with Gasteiger partial charge in [-0.25, -0.2) is 9.18 Å². The van der Waals surface area contributed by atoms with Crippen LogP contribution in [0.25, 0.3) is 0 Å². The quantitative estimate of drug-likeness (QED) is 0.616. The lowest BCUT2D eigenvalue weighted by molar-refractivity contribution is 0.0600. The molecule has 0 N–H and O–H groups in total. The highest BCUT2D eigenvalue weighted by Crippen LogP contribution is 2.25. The summed E-state index contributed by atoms with van der Waals surface area (Å²) in [6.45, 7) is 3.63. The third kappa shape index (κ3) is 3.71. The van der Waals surface area contributed by atoms with Crippen LogP contribution in [0, 0.1) is 12.7 Å². The molecule has 1 aliphatic heterocycles. The number of anilines is 1. The van der Waals surface area contributed by atoms with Crippen molar-refractivity contribution in [3.05, 3.63) is 58.9 Å². The molecule has 0 amide bonds. The van der Waals surface area contributed by atoms with E-state index in [9.17, 15) is 9.18 Å². The maximum absolute atomic E-state index is 14.4. The predicted molar refractivity (Wildman–Crippen MR) is 97.6 cm³/mol. The van der Waals surface area contributed by atoms with Gasteiger partial charge in [-0.3, -0.25) is 4.99 Å². The third-order valence-corrected chi connectivity index (χ3v) is 4.48. The minimum atomic E-state index is -0.393. The molecule has 1 aliphatic rings. The van der Waals surface area contributed by atoms with Crippen molar-refractivity contribution in [3.8, 4) is 0 Å². The van der Waals surface area contributed by atoms with Gasteiger partial charge in [0.25, 0.3) is 0 Å². The van der Waals surface area contributed by atoms with Crippen LogP contribution < -0.4 is 4.90 Å². The Hall–Kier alpha value is -2.69. The van der Waals surface area contributed by atoms with Crippen LogP contribution in [0.1, 0.15) is 34.3 Å². The molecule has 5 heteroatoms.